The molecule has 9 heteroatoms. The number of amides is 2. The molecule has 3 heterocycles. The van der Waals surface area contributed by atoms with Crippen molar-refractivity contribution < 1.29 is 9.59 Å². The fraction of sp³-hybridized carbons (Fsp3) is 0.238. The SMILES string of the molecule is NC(=O)C1CCCN(c2ccc(NC(=O)c3ccn(-c4cccc(Cl)c4)n3)cn2)C1. The van der Waals surface area contributed by atoms with Gasteiger partial charge in [0.1, 0.15) is 5.82 Å². The highest BCUT2D eigenvalue weighted by Crippen LogP contribution is 2.22. The van der Waals surface area contributed by atoms with Gasteiger partial charge >= 0.3 is 0 Å². The number of hydrogen-bond acceptors (Lipinski definition) is 5. The molecule has 1 saturated heterocycles. The second kappa shape index (κ2) is 8.54. The first-order valence-electron chi connectivity index (χ1n) is 9.63. The molecule has 1 fully saturated rings. The highest BCUT2D eigenvalue weighted by molar-refractivity contribution is 6.30. The fourth-order valence-corrected chi connectivity index (χ4v) is 3.65. The van der Waals surface area contributed by atoms with Crippen LogP contribution in [0.25, 0.3) is 5.69 Å². The summed E-state index contributed by atoms with van der Waals surface area (Å²) >= 11 is 6.01. The lowest BCUT2D eigenvalue weighted by Gasteiger charge is -2.32. The van der Waals surface area contributed by atoms with Gasteiger partial charge in [0.05, 0.1) is 23.5 Å². The number of pyridine rings is 1. The Labute approximate surface area is 178 Å². The molecule has 0 spiro atoms. The second-order valence-corrected chi connectivity index (χ2v) is 7.61. The number of carbonyl (C=O) groups is 2. The van der Waals surface area contributed by atoms with E-state index in [1.165, 1.54) is 0 Å². The van der Waals surface area contributed by atoms with Gasteiger partial charge in [-0.05, 0) is 49.2 Å². The third kappa shape index (κ3) is 4.44. The number of aromatic nitrogens is 3. The molecule has 3 N–H and O–H groups in total. The van der Waals surface area contributed by atoms with Gasteiger partial charge in [0.2, 0.25) is 5.91 Å². The Morgan fingerprint density at radius 2 is 2.07 bits per heavy atom. The van der Waals surface area contributed by atoms with Crippen molar-refractivity contribution in [2.45, 2.75) is 12.8 Å². The zero-order chi connectivity index (χ0) is 21.1. The molecule has 0 saturated carbocycles. The summed E-state index contributed by atoms with van der Waals surface area (Å²) < 4.78 is 1.59. The van der Waals surface area contributed by atoms with Crippen molar-refractivity contribution in [3.8, 4) is 5.69 Å². The van der Waals surface area contributed by atoms with E-state index in [0.717, 1.165) is 30.9 Å². The zero-order valence-electron chi connectivity index (χ0n) is 16.2. The van der Waals surface area contributed by atoms with E-state index in [4.69, 9.17) is 17.3 Å². The van der Waals surface area contributed by atoms with Crippen molar-refractivity contribution in [3.05, 3.63) is 65.6 Å². The second-order valence-electron chi connectivity index (χ2n) is 7.17. The van der Waals surface area contributed by atoms with Gasteiger partial charge in [-0.15, -0.1) is 0 Å². The molecule has 4 rings (SSSR count). The monoisotopic (exact) mass is 424 g/mol. The minimum Gasteiger partial charge on any atom is -0.369 e. The van der Waals surface area contributed by atoms with E-state index in [-0.39, 0.29) is 23.4 Å². The van der Waals surface area contributed by atoms with Gasteiger partial charge in [-0.3, -0.25) is 9.59 Å². The van der Waals surface area contributed by atoms with Crippen LogP contribution in [0.15, 0.2) is 54.9 Å². The molecule has 1 aromatic carbocycles. The van der Waals surface area contributed by atoms with Crippen LogP contribution in [0.2, 0.25) is 5.02 Å². The number of rotatable bonds is 5. The minimum atomic E-state index is -0.336. The molecule has 1 aliphatic heterocycles. The van der Waals surface area contributed by atoms with Gasteiger partial charge in [0, 0.05) is 24.3 Å². The van der Waals surface area contributed by atoms with Crippen LogP contribution in [-0.4, -0.2) is 39.7 Å². The maximum atomic E-state index is 12.5. The first-order chi connectivity index (χ1) is 14.5. The van der Waals surface area contributed by atoms with E-state index < -0.39 is 0 Å². The fourth-order valence-electron chi connectivity index (χ4n) is 3.47. The van der Waals surface area contributed by atoms with Crippen molar-refractivity contribution in [2.24, 2.45) is 11.7 Å². The van der Waals surface area contributed by atoms with Crippen LogP contribution in [0.1, 0.15) is 23.3 Å². The number of nitrogens with zero attached hydrogens (tertiary/aromatic N) is 4. The van der Waals surface area contributed by atoms with Crippen molar-refractivity contribution >= 4 is 34.9 Å². The normalized spacial score (nSPS) is 16.3. The van der Waals surface area contributed by atoms with Crippen LogP contribution in [0, 0.1) is 5.92 Å². The lowest BCUT2D eigenvalue weighted by atomic mass is 9.97. The lowest BCUT2D eigenvalue weighted by molar-refractivity contribution is -0.122. The van der Waals surface area contributed by atoms with Crippen molar-refractivity contribution in [3.63, 3.8) is 0 Å². The summed E-state index contributed by atoms with van der Waals surface area (Å²) in [5.74, 6) is -0.0170. The zero-order valence-corrected chi connectivity index (χ0v) is 16.9. The molecular formula is C21H21ClN6O2. The van der Waals surface area contributed by atoms with Crippen molar-refractivity contribution in [2.75, 3.05) is 23.3 Å². The first-order valence-corrected chi connectivity index (χ1v) is 10.0. The number of piperidine rings is 1. The Balaban J connectivity index is 1.41. The van der Waals surface area contributed by atoms with E-state index in [2.05, 4.69) is 15.4 Å². The molecule has 0 radical (unpaired) electrons. The number of nitrogens with two attached hydrogens (primary N) is 1. The van der Waals surface area contributed by atoms with Gasteiger partial charge in [0.15, 0.2) is 5.69 Å². The summed E-state index contributed by atoms with van der Waals surface area (Å²) in [6.45, 7) is 1.39. The molecule has 30 heavy (non-hydrogen) atoms. The first kappa shape index (κ1) is 19.9. The molecular weight excluding hydrogens is 404 g/mol. The highest BCUT2D eigenvalue weighted by atomic mass is 35.5. The molecule has 154 valence electrons. The topological polar surface area (TPSA) is 106 Å². The molecule has 1 unspecified atom stereocenters. The maximum absolute atomic E-state index is 12.5. The van der Waals surface area contributed by atoms with Gasteiger partial charge < -0.3 is 16.0 Å². The van der Waals surface area contributed by atoms with Crippen LogP contribution < -0.4 is 16.0 Å². The summed E-state index contributed by atoms with van der Waals surface area (Å²) in [5, 5.41) is 7.70. The quantitative estimate of drug-likeness (QED) is 0.655. The van der Waals surface area contributed by atoms with Crippen LogP contribution >= 0.6 is 11.6 Å². The van der Waals surface area contributed by atoms with Gasteiger partial charge in [-0.1, -0.05) is 17.7 Å². The lowest BCUT2D eigenvalue weighted by Crippen LogP contribution is -2.41. The third-order valence-corrected chi connectivity index (χ3v) is 5.28. The number of halogens is 1. The largest absolute Gasteiger partial charge is 0.369 e. The van der Waals surface area contributed by atoms with E-state index in [1.54, 1.807) is 41.3 Å². The number of benzene rings is 1. The third-order valence-electron chi connectivity index (χ3n) is 5.05. The Hall–Kier alpha value is -3.39. The van der Waals surface area contributed by atoms with Crippen LogP contribution in [0.5, 0.6) is 0 Å². The van der Waals surface area contributed by atoms with Gasteiger partial charge in [0.25, 0.3) is 5.91 Å². The molecule has 1 atom stereocenters. The smallest absolute Gasteiger partial charge is 0.276 e. The highest BCUT2D eigenvalue weighted by Gasteiger charge is 2.24. The van der Waals surface area contributed by atoms with E-state index >= 15 is 0 Å². The molecule has 1 aliphatic rings. The van der Waals surface area contributed by atoms with Crippen LogP contribution in [-0.2, 0) is 4.79 Å². The average Bonchev–Trinajstić information content (AvgIpc) is 3.25. The maximum Gasteiger partial charge on any atom is 0.276 e. The molecule has 3 aromatic rings. The number of nitrogens with one attached hydrogen (secondary N) is 1. The Morgan fingerprint density at radius 3 is 2.80 bits per heavy atom. The Morgan fingerprint density at radius 1 is 1.20 bits per heavy atom. The molecule has 2 amide bonds. The summed E-state index contributed by atoms with van der Waals surface area (Å²) in [6.07, 6.45) is 4.99. The summed E-state index contributed by atoms with van der Waals surface area (Å²) in [5.41, 5.74) is 7.04. The van der Waals surface area contributed by atoms with Gasteiger partial charge in [-0.25, -0.2) is 9.67 Å². The predicted octanol–water partition coefficient (Wildman–Crippen LogP) is 2.87. The Kier molecular flexibility index (Phi) is 5.67. The van der Waals surface area contributed by atoms with E-state index in [9.17, 15) is 9.59 Å². The van der Waals surface area contributed by atoms with Crippen LogP contribution in [0.4, 0.5) is 11.5 Å². The predicted molar refractivity (Wildman–Crippen MR) is 115 cm³/mol. The summed E-state index contributed by atoms with van der Waals surface area (Å²) in [6, 6.07) is 12.5. The number of hydrogen-bond donors (Lipinski definition) is 2. The molecule has 0 bridgehead atoms. The van der Waals surface area contributed by atoms with Crippen molar-refractivity contribution in [1.82, 2.24) is 14.8 Å². The standard InChI is InChI=1S/C21H21ClN6O2/c22-15-4-1-5-17(11-15)28-10-8-18(26-28)21(30)25-16-6-7-19(24-12-16)27-9-2-3-14(13-27)20(23)29/h1,4-8,10-12,14H,2-3,9,13H2,(H2,23,29)(H,25,30). The Bertz CT molecular complexity index is 1070. The minimum absolute atomic E-state index is 0.158. The summed E-state index contributed by atoms with van der Waals surface area (Å²) in [7, 11) is 0. The molecule has 0 aliphatic carbocycles. The van der Waals surface area contributed by atoms with E-state index in [1.807, 2.05) is 23.1 Å². The number of anilines is 2. The van der Waals surface area contributed by atoms with Crippen molar-refractivity contribution in [1.29, 1.82) is 0 Å². The summed E-state index contributed by atoms with van der Waals surface area (Å²) in [4.78, 5) is 30.5. The molecule has 2 aromatic heterocycles. The number of primary amides is 1. The van der Waals surface area contributed by atoms with Gasteiger partial charge in [-0.2, -0.15) is 5.10 Å². The number of carbonyl (C=O) groups excluding carboxylic acids is 2. The van der Waals surface area contributed by atoms with E-state index in [0.29, 0.717) is 17.3 Å². The average molecular weight is 425 g/mol. The molecule has 8 nitrogen and oxygen atoms in total. The van der Waals surface area contributed by atoms with Crippen LogP contribution in [0.3, 0.4) is 0 Å².